The SMILES string of the molecule is CCOc1ccc(Nc2ccc(NC(=O)c3ccc(C)c(C)c3)nc2)cc1. The minimum absolute atomic E-state index is 0.169. The summed E-state index contributed by atoms with van der Waals surface area (Å²) in [5, 5.41) is 6.09. The summed E-state index contributed by atoms with van der Waals surface area (Å²) >= 11 is 0. The van der Waals surface area contributed by atoms with Gasteiger partial charge in [-0.2, -0.15) is 0 Å². The number of amides is 1. The van der Waals surface area contributed by atoms with E-state index >= 15 is 0 Å². The Morgan fingerprint density at radius 1 is 0.963 bits per heavy atom. The fraction of sp³-hybridized carbons (Fsp3) is 0.182. The Balaban J connectivity index is 1.62. The normalized spacial score (nSPS) is 10.3. The van der Waals surface area contributed by atoms with Crippen molar-refractivity contribution in [3.05, 3.63) is 77.5 Å². The van der Waals surface area contributed by atoms with E-state index in [9.17, 15) is 4.79 Å². The highest BCUT2D eigenvalue weighted by Crippen LogP contribution is 2.20. The van der Waals surface area contributed by atoms with Gasteiger partial charge in [-0.25, -0.2) is 4.98 Å². The Hall–Kier alpha value is -3.34. The zero-order chi connectivity index (χ0) is 19.2. The highest BCUT2D eigenvalue weighted by atomic mass is 16.5. The van der Waals surface area contributed by atoms with Gasteiger partial charge >= 0.3 is 0 Å². The van der Waals surface area contributed by atoms with Gasteiger partial charge in [0, 0.05) is 11.3 Å². The lowest BCUT2D eigenvalue weighted by Crippen LogP contribution is -2.13. The molecule has 1 heterocycles. The molecule has 138 valence electrons. The van der Waals surface area contributed by atoms with Gasteiger partial charge in [-0.3, -0.25) is 4.79 Å². The van der Waals surface area contributed by atoms with Gasteiger partial charge in [-0.05, 0) is 80.4 Å². The Morgan fingerprint density at radius 3 is 2.33 bits per heavy atom. The van der Waals surface area contributed by atoms with E-state index in [0.29, 0.717) is 18.0 Å². The number of pyridine rings is 1. The molecule has 0 aliphatic carbocycles. The van der Waals surface area contributed by atoms with Crippen LogP contribution in [0.2, 0.25) is 0 Å². The van der Waals surface area contributed by atoms with Gasteiger partial charge in [-0.15, -0.1) is 0 Å². The number of rotatable bonds is 6. The molecule has 2 aromatic carbocycles. The molecule has 0 spiro atoms. The molecule has 0 aliphatic heterocycles. The second-order valence-corrected chi connectivity index (χ2v) is 6.27. The number of carbonyl (C=O) groups excluding carboxylic acids is 1. The molecule has 3 aromatic rings. The predicted molar refractivity (Wildman–Crippen MR) is 109 cm³/mol. The molecule has 0 saturated carbocycles. The fourth-order valence-electron chi connectivity index (χ4n) is 2.58. The third-order valence-corrected chi connectivity index (χ3v) is 4.23. The van der Waals surface area contributed by atoms with E-state index in [-0.39, 0.29) is 5.91 Å². The summed E-state index contributed by atoms with van der Waals surface area (Å²) in [4.78, 5) is 16.7. The van der Waals surface area contributed by atoms with Gasteiger partial charge in [0.25, 0.3) is 5.91 Å². The van der Waals surface area contributed by atoms with Crippen molar-refractivity contribution in [1.82, 2.24) is 4.98 Å². The maximum atomic E-state index is 12.4. The quantitative estimate of drug-likeness (QED) is 0.642. The zero-order valence-corrected chi connectivity index (χ0v) is 15.7. The minimum atomic E-state index is -0.169. The van der Waals surface area contributed by atoms with E-state index in [4.69, 9.17) is 4.74 Å². The third kappa shape index (κ3) is 4.85. The van der Waals surface area contributed by atoms with Gasteiger partial charge in [0.2, 0.25) is 0 Å². The molecule has 0 aliphatic rings. The maximum Gasteiger partial charge on any atom is 0.256 e. The van der Waals surface area contributed by atoms with Crippen molar-refractivity contribution in [3.63, 3.8) is 0 Å². The lowest BCUT2D eigenvalue weighted by Gasteiger charge is -2.09. The number of nitrogens with zero attached hydrogens (tertiary/aromatic N) is 1. The smallest absolute Gasteiger partial charge is 0.256 e. The minimum Gasteiger partial charge on any atom is -0.494 e. The van der Waals surface area contributed by atoms with Crippen molar-refractivity contribution >= 4 is 23.1 Å². The standard InChI is InChI=1S/C22H23N3O2/c1-4-27-20-10-7-18(8-11-20)24-19-9-12-21(23-14-19)25-22(26)17-6-5-15(2)16(3)13-17/h5-14,24H,4H2,1-3H3,(H,23,25,26). The van der Waals surface area contributed by atoms with Crippen LogP contribution in [0.4, 0.5) is 17.2 Å². The third-order valence-electron chi connectivity index (χ3n) is 4.23. The second-order valence-electron chi connectivity index (χ2n) is 6.27. The molecule has 3 rings (SSSR count). The molecule has 0 bridgehead atoms. The molecule has 0 radical (unpaired) electrons. The number of hydrogen-bond acceptors (Lipinski definition) is 4. The summed E-state index contributed by atoms with van der Waals surface area (Å²) in [5.74, 6) is 1.18. The number of hydrogen-bond donors (Lipinski definition) is 2. The highest BCUT2D eigenvalue weighted by Gasteiger charge is 2.08. The van der Waals surface area contributed by atoms with Gasteiger partial charge in [-0.1, -0.05) is 6.07 Å². The number of aryl methyl sites for hydroxylation is 2. The lowest BCUT2D eigenvalue weighted by atomic mass is 10.1. The molecule has 0 unspecified atom stereocenters. The average molecular weight is 361 g/mol. The number of ether oxygens (including phenoxy) is 1. The van der Waals surface area contributed by atoms with Crippen LogP contribution in [-0.4, -0.2) is 17.5 Å². The number of carbonyl (C=O) groups is 1. The van der Waals surface area contributed by atoms with E-state index in [0.717, 1.165) is 28.3 Å². The molecule has 5 heteroatoms. The molecule has 0 fully saturated rings. The number of nitrogens with one attached hydrogen (secondary N) is 2. The summed E-state index contributed by atoms with van der Waals surface area (Å²) in [6.45, 7) is 6.62. The van der Waals surface area contributed by atoms with Crippen LogP contribution in [-0.2, 0) is 0 Å². The van der Waals surface area contributed by atoms with Crippen molar-refractivity contribution in [3.8, 4) is 5.75 Å². The van der Waals surface area contributed by atoms with Crippen LogP contribution in [0.15, 0.2) is 60.8 Å². The molecular formula is C22H23N3O2. The largest absolute Gasteiger partial charge is 0.494 e. The number of benzene rings is 2. The Morgan fingerprint density at radius 2 is 1.70 bits per heavy atom. The van der Waals surface area contributed by atoms with Crippen LogP contribution in [0.3, 0.4) is 0 Å². The van der Waals surface area contributed by atoms with Crippen LogP contribution in [0.5, 0.6) is 5.75 Å². The van der Waals surface area contributed by atoms with Crippen LogP contribution >= 0.6 is 0 Å². The zero-order valence-electron chi connectivity index (χ0n) is 15.7. The number of anilines is 3. The highest BCUT2D eigenvalue weighted by molar-refractivity contribution is 6.03. The van der Waals surface area contributed by atoms with E-state index in [2.05, 4.69) is 15.6 Å². The first-order valence-corrected chi connectivity index (χ1v) is 8.89. The fourth-order valence-corrected chi connectivity index (χ4v) is 2.58. The Bertz CT molecular complexity index is 919. The van der Waals surface area contributed by atoms with E-state index in [1.807, 2.05) is 69.3 Å². The first-order valence-electron chi connectivity index (χ1n) is 8.89. The monoisotopic (exact) mass is 361 g/mol. The summed E-state index contributed by atoms with van der Waals surface area (Å²) in [6, 6.07) is 17.0. The molecule has 5 nitrogen and oxygen atoms in total. The summed E-state index contributed by atoms with van der Waals surface area (Å²) in [7, 11) is 0. The van der Waals surface area contributed by atoms with Crippen molar-refractivity contribution in [2.75, 3.05) is 17.2 Å². The number of aromatic nitrogens is 1. The maximum absolute atomic E-state index is 12.4. The second kappa shape index (κ2) is 8.36. The first kappa shape index (κ1) is 18.5. The van der Waals surface area contributed by atoms with Crippen LogP contribution in [0.1, 0.15) is 28.4 Å². The van der Waals surface area contributed by atoms with E-state index in [1.54, 1.807) is 12.3 Å². The van der Waals surface area contributed by atoms with Crippen LogP contribution in [0.25, 0.3) is 0 Å². The first-order chi connectivity index (χ1) is 13.0. The average Bonchev–Trinajstić information content (AvgIpc) is 2.67. The molecular weight excluding hydrogens is 338 g/mol. The van der Waals surface area contributed by atoms with Crippen molar-refractivity contribution in [2.45, 2.75) is 20.8 Å². The summed E-state index contributed by atoms with van der Waals surface area (Å²) in [6.07, 6.45) is 1.69. The molecule has 1 aromatic heterocycles. The van der Waals surface area contributed by atoms with Crippen molar-refractivity contribution in [2.24, 2.45) is 0 Å². The summed E-state index contributed by atoms with van der Waals surface area (Å²) in [5.41, 5.74) is 4.65. The molecule has 2 N–H and O–H groups in total. The van der Waals surface area contributed by atoms with Gasteiger partial charge in [0.05, 0.1) is 18.5 Å². The molecule has 0 atom stereocenters. The van der Waals surface area contributed by atoms with Gasteiger partial charge in [0.1, 0.15) is 11.6 Å². The van der Waals surface area contributed by atoms with Crippen molar-refractivity contribution in [1.29, 1.82) is 0 Å². The van der Waals surface area contributed by atoms with Gasteiger partial charge < -0.3 is 15.4 Å². The summed E-state index contributed by atoms with van der Waals surface area (Å²) < 4.78 is 5.43. The van der Waals surface area contributed by atoms with Crippen LogP contribution in [0, 0.1) is 13.8 Å². The van der Waals surface area contributed by atoms with E-state index in [1.165, 1.54) is 0 Å². The van der Waals surface area contributed by atoms with Crippen LogP contribution < -0.4 is 15.4 Å². The molecule has 1 amide bonds. The van der Waals surface area contributed by atoms with Gasteiger partial charge in [0.15, 0.2) is 0 Å². The predicted octanol–water partition coefficient (Wildman–Crippen LogP) is 5.09. The van der Waals surface area contributed by atoms with E-state index < -0.39 is 0 Å². The Labute approximate surface area is 159 Å². The molecule has 27 heavy (non-hydrogen) atoms. The molecule has 0 saturated heterocycles. The Kier molecular flexibility index (Phi) is 5.71. The topological polar surface area (TPSA) is 63.2 Å². The van der Waals surface area contributed by atoms with Crippen molar-refractivity contribution < 1.29 is 9.53 Å². The lowest BCUT2D eigenvalue weighted by molar-refractivity contribution is 0.102.